The molecule has 0 fully saturated rings. The lowest BCUT2D eigenvalue weighted by Crippen LogP contribution is -2.23. The number of hydrogen-bond donors (Lipinski definition) is 1. The number of hydrogen-bond acceptors (Lipinski definition) is 5. The number of benzene rings is 2. The maximum Gasteiger partial charge on any atom is 0.240 e. The van der Waals surface area contributed by atoms with Crippen LogP contribution in [0.2, 0.25) is 0 Å². The third kappa shape index (κ3) is 4.07. The average Bonchev–Trinajstić information content (AvgIpc) is 3.02. The van der Waals surface area contributed by atoms with E-state index in [1.807, 2.05) is 37.3 Å². The fourth-order valence-electron chi connectivity index (χ4n) is 2.41. The minimum absolute atomic E-state index is 0.101. The predicted molar refractivity (Wildman–Crippen MR) is 103 cm³/mol. The number of sulfonamides is 1. The van der Waals surface area contributed by atoms with Crippen molar-refractivity contribution < 1.29 is 13.2 Å². The van der Waals surface area contributed by atoms with E-state index in [9.17, 15) is 13.2 Å². The zero-order valence-electron chi connectivity index (χ0n) is 14.4. The lowest BCUT2D eigenvalue weighted by Gasteiger charge is -2.06. The second-order valence-corrected chi connectivity index (χ2v) is 8.65. The standard InChI is InChI=1S/C19H18N2O3S2/c1-13-18(25-19(21-13)16-6-4-3-5-7-16)12-20-26(23,24)17-10-8-15(9-11-17)14(2)22/h3-11,20H,12H2,1-2H3. The third-order valence-electron chi connectivity index (χ3n) is 3.91. The van der Waals surface area contributed by atoms with E-state index in [0.29, 0.717) is 5.56 Å². The first-order valence-corrected chi connectivity index (χ1v) is 10.3. The van der Waals surface area contributed by atoms with Crippen LogP contribution < -0.4 is 4.72 Å². The van der Waals surface area contributed by atoms with Crippen molar-refractivity contribution in [1.82, 2.24) is 9.71 Å². The SMILES string of the molecule is CC(=O)c1ccc(S(=O)(=O)NCc2sc(-c3ccccc3)nc2C)cc1. The molecule has 0 saturated heterocycles. The summed E-state index contributed by atoms with van der Waals surface area (Å²) >= 11 is 1.47. The largest absolute Gasteiger partial charge is 0.295 e. The van der Waals surface area contributed by atoms with Crippen LogP contribution in [0, 0.1) is 6.92 Å². The fraction of sp³-hybridized carbons (Fsp3) is 0.158. The second kappa shape index (κ2) is 7.49. The number of thiazole rings is 1. The van der Waals surface area contributed by atoms with Gasteiger partial charge in [0.2, 0.25) is 10.0 Å². The summed E-state index contributed by atoms with van der Waals surface area (Å²) in [5, 5.41) is 0.864. The molecule has 0 aliphatic carbocycles. The molecule has 1 N–H and O–H groups in total. The van der Waals surface area contributed by atoms with E-state index in [4.69, 9.17) is 0 Å². The highest BCUT2D eigenvalue weighted by molar-refractivity contribution is 7.89. The van der Waals surface area contributed by atoms with Crippen LogP contribution in [0.15, 0.2) is 59.5 Å². The van der Waals surface area contributed by atoms with Gasteiger partial charge in [-0.05, 0) is 26.0 Å². The van der Waals surface area contributed by atoms with Crippen molar-refractivity contribution in [3.8, 4) is 10.6 Å². The number of ketones is 1. The van der Waals surface area contributed by atoms with Crippen molar-refractivity contribution >= 4 is 27.1 Å². The van der Waals surface area contributed by atoms with E-state index in [0.717, 1.165) is 21.1 Å². The highest BCUT2D eigenvalue weighted by Crippen LogP contribution is 2.27. The fourth-order valence-corrected chi connectivity index (χ4v) is 4.50. The van der Waals surface area contributed by atoms with E-state index in [1.165, 1.54) is 42.5 Å². The first kappa shape index (κ1) is 18.4. The molecule has 7 heteroatoms. The molecule has 26 heavy (non-hydrogen) atoms. The highest BCUT2D eigenvalue weighted by atomic mass is 32.2. The third-order valence-corrected chi connectivity index (χ3v) is 6.53. The number of aromatic nitrogens is 1. The second-order valence-electron chi connectivity index (χ2n) is 5.80. The molecule has 0 bridgehead atoms. The molecule has 0 radical (unpaired) electrons. The summed E-state index contributed by atoms with van der Waals surface area (Å²) in [6.07, 6.45) is 0. The van der Waals surface area contributed by atoms with Gasteiger partial charge in [-0.25, -0.2) is 18.1 Å². The molecular weight excluding hydrogens is 368 g/mol. The molecule has 0 aliphatic rings. The number of Topliss-reactive ketones (excluding diaryl/α,β-unsaturated/α-hetero) is 1. The Labute approximate surface area is 156 Å². The molecular formula is C19H18N2O3S2. The van der Waals surface area contributed by atoms with Crippen LogP contribution in [-0.4, -0.2) is 19.2 Å². The van der Waals surface area contributed by atoms with E-state index in [-0.39, 0.29) is 17.2 Å². The molecule has 0 atom stereocenters. The van der Waals surface area contributed by atoms with Crippen LogP contribution in [0.3, 0.4) is 0 Å². The molecule has 0 amide bonds. The van der Waals surface area contributed by atoms with E-state index >= 15 is 0 Å². The minimum Gasteiger partial charge on any atom is -0.295 e. The first-order chi connectivity index (χ1) is 12.4. The van der Waals surface area contributed by atoms with Crippen LogP contribution >= 0.6 is 11.3 Å². The molecule has 0 saturated carbocycles. The van der Waals surface area contributed by atoms with Gasteiger partial charge in [-0.1, -0.05) is 42.5 Å². The zero-order valence-corrected chi connectivity index (χ0v) is 16.0. The van der Waals surface area contributed by atoms with E-state index in [2.05, 4.69) is 9.71 Å². The zero-order chi connectivity index (χ0) is 18.7. The average molecular weight is 386 g/mol. The van der Waals surface area contributed by atoms with Gasteiger partial charge in [0.15, 0.2) is 5.78 Å². The van der Waals surface area contributed by atoms with E-state index in [1.54, 1.807) is 0 Å². The Bertz CT molecular complexity index is 1020. The van der Waals surface area contributed by atoms with Crippen LogP contribution in [0.5, 0.6) is 0 Å². The Kier molecular flexibility index (Phi) is 5.31. The van der Waals surface area contributed by atoms with Gasteiger partial charge in [0.05, 0.1) is 10.6 Å². The quantitative estimate of drug-likeness (QED) is 0.654. The minimum atomic E-state index is -3.66. The van der Waals surface area contributed by atoms with E-state index < -0.39 is 10.0 Å². The van der Waals surface area contributed by atoms with Gasteiger partial charge in [-0.15, -0.1) is 11.3 Å². The van der Waals surface area contributed by atoms with Gasteiger partial charge in [-0.3, -0.25) is 4.79 Å². The van der Waals surface area contributed by atoms with Gasteiger partial charge in [0, 0.05) is 22.5 Å². The Morgan fingerprint density at radius 1 is 1.08 bits per heavy atom. The van der Waals surface area contributed by atoms with Gasteiger partial charge in [-0.2, -0.15) is 0 Å². The van der Waals surface area contributed by atoms with Crippen molar-refractivity contribution in [2.45, 2.75) is 25.3 Å². The lowest BCUT2D eigenvalue weighted by molar-refractivity contribution is 0.101. The van der Waals surface area contributed by atoms with Gasteiger partial charge < -0.3 is 0 Å². The number of carbonyl (C=O) groups is 1. The first-order valence-electron chi connectivity index (χ1n) is 7.99. The maximum atomic E-state index is 12.5. The smallest absolute Gasteiger partial charge is 0.240 e. The number of rotatable bonds is 6. The van der Waals surface area contributed by atoms with Crippen molar-refractivity contribution in [1.29, 1.82) is 0 Å². The van der Waals surface area contributed by atoms with Gasteiger partial charge in [0.25, 0.3) is 0 Å². The number of aryl methyl sites for hydroxylation is 1. The molecule has 3 aromatic rings. The summed E-state index contributed by atoms with van der Waals surface area (Å²) in [5.41, 5.74) is 2.30. The van der Waals surface area contributed by atoms with Crippen molar-refractivity contribution in [2.75, 3.05) is 0 Å². The van der Waals surface area contributed by atoms with Gasteiger partial charge >= 0.3 is 0 Å². The maximum absolute atomic E-state index is 12.5. The predicted octanol–water partition coefficient (Wildman–Crippen LogP) is 3.80. The normalized spacial score (nSPS) is 11.5. The molecule has 3 rings (SSSR count). The van der Waals surface area contributed by atoms with Gasteiger partial charge in [0.1, 0.15) is 5.01 Å². The number of nitrogens with one attached hydrogen (secondary N) is 1. The number of carbonyl (C=O) groups excluding carboxylic acids is 1. The summed E-state index contributed by atoms with van der Waals surface area (Å²) in [6, 6.07) is 15.7. The molecule has 1 aromatic heterocycles. The Hall–Kier alpha value is -2.35. The molecule has 0 unspecified atom stereocenters. The molecule has 0 aliphatic heterocycles. The molecule has 5 nitrogen and oxygen atoms in total. The molecule has 0 spiro atoms. The van der Waals surface area contributed by atoms with Crippen LogP contribution in [-0.2, 0) is 16.6 Å². The Morgan fingerprint density at radius 3 is 2.35 bits per heavy atom. The summed E-state index contributed by atoms with van der Waals surface area (Å²) < 4.78 is 27.5. The Morgan fingerprint density at radius 2 is 1.73 bits per heavy atom. The summed E-state index contributed by atoms with van der Waals surface area (Å²) in [6.45, 7) is 3.49. The molecule has 2 aromatic carbocycles. The molecule has 1 heterocycles. The molecule has 134 valence electrons. The van der Waals surface area contributed by atoms with Crippen LogP contribution in [0.4, 0.5) is 0 Å². The highest BCUT2D eigenvalue weighted by Gasteiger charge is 2.16. The summed E-state index contributed by atoms with van der Waals surface area (Å²) in [5.74, 6) is -0.101. The monoisotopic (exact) mass is 386 g/mol. The summed E-state index contributed by atoms with van der Waals surface area (Å²) in [7, 11) is -3.66. The van der Waals surface area contributed by atoms with Crippen molar-refractivity contribution in [3.63, 3.8) is 0 Å². The van der Waals surface area contributed by atoms with Crippen LogP contribution in [0.25, 0.3) is 10.6 Å². The Balaban J connectivity index is 1.76. The topological polar surface area (TPSA) is 76.1 Å². The van der Waals surface area contributed by atoms with Crippen molar-refractivity contribution in [3.05, 3.63) is 70.7 Å². The van der Waals surface area contributed by atoms with Crippen molar-refractivity contribution in [2.24, 2.45) is 0 Å². The van der Waals surface area contributed by atoms with Crippen LogP contribution in [0.1, 0.15) is 27.9 Å². The lowest BCUT2D eigenvalue weighted by atomic mass is 10.2. The number of nitrogens with zero attached hydrogens (tertiary/aromatic N) is 1. The summed E-state index contributed by atoms with van der Waals surface area (Å²) in [4.78, 5) is 16.8.